The summed E-state index contributed by atoms with van der Waals surface area (Å²) in [6.45, 7) is 1.67. The molecule has 6 heteroatoms. The maximum atomic E-state index is 5.99. The SMILES string of the molecule is COc1ccc(Nc2nc(Cl)nc3c2CNCC3)cc1. The molecule has 0 aliphatic carbocycles. The highest BCUT2D eigenvalue weighted by molar-refractivity contribution is 6.28. The Balaban J connectivity index is 1.91. The van der Waals surface area contributed by atoms with Gasteiger partial charge in [-0.2, -0.15) is 0 Å². The highest BCUT2D eigenvalue weighted by atomic mass is 35.5. The van der Waals surface area contributed by atoms with Crippen LogP contribution < -0.4 is 15.4 Å². The first kappa shape index (κ1) is 13.1. The van der Waals surface area contributed by atoms with E-state index >= 15 is 0 Å². The second kappa shape index (κ2) is 5.64. The summed E-state index contributed by atoms with van der Waals surface area (Å²) >= 11 is 5.99. The maximum Gasteiger partial charge on any atom is 0.224 e. The van der Waals surface area contributed by atoms with Gasteiger partial charge in [0.15, 0.2) is 0 Å². The lowest BCUT2D eigenvalue weighted by Crippen LogP contribution is -2.26. The number of aromatic nitrogens is 2. The van der Waals surface area contributed by atoms with Crippen molar-refractivity contribution in [3.8, 4) is 5.75 Å². The number of rotatable bonds is 3. The van der Waals surface area contributed by atoms with Crippen molar-refractivity contribution >= 4 is 23.1 Å². The fourth-order valence-corrected chi connectivity index (χ4v) is 2.41. The summed E-state index contributed by atoms with van der Waals surface area (Å²) in [5.74, 6) is 1.58. The summed E-state index contributed by atoms with van der Waals surface area (Å²) in [7, 11) is 1.65. The second-order valence-electron chi connectivity index (χ2n) is 4.55. The van der Waals surface area contributed by atoms with Gasteiger partial charge in [-0.3, -0.25) is 0 Å². The molecular weight excluding hydrogens is 276 g/mol. The van der Waals surface area contributed by atoms with Crippen molar-refractivity contribution < 1.29 is 4.74 Å². The van der Waals surface area contributed by atoms with Crippen LogP contribution in [0.25, 0.3) is 0 Å². The molecule has 0 amide bonds. The van der Waals surface area contributed by atoms with Crippen molar-refractivity contribution in [2.75, 3.05) is 19.0 Å². The average molecular weight is 291 g/mol. The molecule has 1 aromatic heterocycles. The van der Waals surface area contributed by atoms with Gasteiger partial charge in [0, 0.05) is 30.8 Å². The van der Waals surface area contributed by atoms with Crippen molar-refractivity contribution in [3.05, 3.63) is 40.8 Å². The summed E-state index contributed by atoms with van der Waals surface area (Å²) in [6, 6.07) is 7.68. The fourth-order valence-electron chi connectivity index (χ4n) is 2.23. The van der Waals surface area contributed by atoms with Crippen LogP contribution >= 0.6 is 11.6 Å². The van der Waals surface area contributed by atoms with E-state index in [9.17, 15) is 0 Å². The van der Waals surface area contributed by atoms with E-state index in [0.29, 0.717) is 0 Å². The van der Waals surface area contributed by atoms with Crippen molar-refractivity contribution in [2.45, 2.75) is 13.0 Å². The van der Waals surface area contributed by atoms with Gasteiger partial charge in [0.25, 0.3) is 0 Å². The minimum Gasteiger partial charge on any atom is -0.497 e. The third-order valence-corrected chi connectivity index (χ3v) is 3.43. The fraction of sp³-hybridized carbons (Fsp3) is 0.286. The van der Waals surface area contributed by atoms with Crippen molar-refractivity contribution in [1.82, 2.24) is 15.3 Å². The molecule has 0 unspecified atom stereocenters. The van der Waals surface area contributed by atoms with Crippen LogP contribution in [0.2, 0.25) is 5.28 Å². The highest BCUT2D eigenvalue weighted by Gasteiger charge is 2.17. The van der Waals surface area contributed by atoms with E-state index in [1.807, 2.05) is 24.3 Å². The van der Waals surface area contributed by atoms with E-state index in [4.69, 9.17) is 16.3 Å². The molecule has 0 fully saturated rings. The largest absolute Gasteiger partial charge is 0.497 e. The molecule has 2 N–H and O–H groups in total. The van der Waals surface area contributed by atoms with Crippen LogP contribution in [-0.2, 0) is 13.0 Å². The predicted octanol–water partition coefficient (Wildman–Crippen LogP) is 2.53. The quantitative estimate of drug-likeness (QED) is 0.851. The van der Waals surface area contributed by atoms with E-state index in [-0.39, 0.29) is 5.28 Å². The highest BCUT2D eigenvalue weighted by Crippen LogP contribution is 2.25. The number of nitrogens with zero attached hydrogens (tertiary/aromatic N) is 2. The third-order valence-electron chi connectivity index (χ3n) is 3.26. The summed E-state index contributed by atoms with van der Waals surface area (Å²) < 4.78 is 5.14. The second-order valence-corrected chi connectivity index (χ2v) is 4.88. The number of fused-ring (bicyclic) bond motifs is 1. The molecular formula is C14H15ClN4O. The molecule has 5 nitrogen and oxygen atoms in total. The van der Waals surface area contributed by atoms with E-state index in [1.165, 1.54) is 0 Å². The molecule has 1 aromatic carbocycles. The van der Waals surface area contributed by atoms with Crippen LogP contribution in [0.1, 0.15) is 11.3 Å². The lowest BCUT2D eigenvalue weighted by molar-refractivity contribution is 0.415. The lowest BCUT2D eigenvalue weighted by Gasteiger charge is -2.19. The normalized spacial score (nSPS) is 13.7. The topological polar surface area (TPSA) is 59.1 Å². The number of ether oxygens (including phenoxy) is 1. The van der Waals surface area contributed by atoms with Gasteiger partial charge in [0.2, 0.25) is 5.28 Å². The van der Waals surface area contributed by atoms with Gasteiger partial charge >= 0.3 is 0 Å². The average Bonchev–Trinajstić information content (AvgIpc) is 2.48. The molecule has 1 aliphatic rings. The molecule has 0 spiro atoms. The zero-order valence-corrected chi connectivity index (χ0v) is 11.9. The molecule has 0 saturated carbocycles. The van der Waals surface area contributed by atoms with Gasteiger partial charge in [-0.15, -0.1) is 0 Å². The van der Waals surface area contributed by atoms with Crippen LogP contribution in [0.5, 0.6) is 5.75 Å². The Morgan fingerprint density at radius 3 is 2.80 bits per heavy atom. The van der Waals surface area contributed by atoms with Crippen LogP contribution in [0.15, 0.2) is 24.3 Å². The van der Waals surface area contributed by atoms with Crippen molar-refractivity contribution in [2.24, 2.45) is 0 Å². The van der Waals surface area contributed by atoms with Crippen molar-refractivity contribution in [3.63, 3.8) is 0 Å². The van der Waals surface area contributed by atoms with E-state index in [0.717, 1.165) is 48.0 Å². The van der Waals surface area contributed by atoms with E-state index in [2.05, 4.69) is 20.6 Å². The van der Waals surface area contributed by atoms with Gasteiger partial charge in [0.05, 0.1) is 12.8 Å². The molecule has 0 radical (unpaired) electrons. The third kappa shape index (κ3) is 2.69. The molecule has 3 rings (SSSR count). The number of nitrogens with one attached hydrogen (secondary N) is 2. The first-order chi connectivity index (χ1) is 9.76. The Kier molecular flexibility index (Phi) is 3.71. The Morgan fingerprint density at radius 1 is 1.25 bits per heavy atom. The Labute approximate surface area is 122 Å². The maximum absolute atomic E-state index is 5.99. The van der Waals surface area contributed by atoms with E-state index in [1.54, 1.807) is 7.11 Å². The Hall–Kier alpha value is -1.85. The van der Waals surface area contributed by atoms with Crippen LogP contribution in [0, 0.1) is 0 Å². The standard InChI is InChI=1S/C14H15ClN4O/c1-20-10-4-2-9(3-5-10)17-13-11-8-16-7-6-12(11)18-14(15)19-13/h2-5,16H,6-8H2,1H3,(H,17,18,19). The number of methoxy groups -OCH3 is 1. The predicted molar refractivity (Wildman–Crippen MR) is 78.7 cm³/mol. The molecule has 0 saturated heterocycles. The molecule has 104 valence electrons. The summed E-state index contributed by atoms with van der Waals surface area (Å²) in [5.41, 5.74) is 3.03. The van der Waals surface area contributed by atoms with Gasteiger partial charge in [-0.25, -0.2) is 9.97 Å². The van der Waals surface area contributed by atoms with Gasteiger partial charge in [-0.05, 0) is 35.9 Å². The van der Waals surface area contributed by atoms with Crippen LogP contribution in [0.4, 0.5) is 11.5 Å². The minimum atomic E-state index is 0.279. The smallest absolute Gasteiger partial charge is 0.224 e. The van der Waals surface area contributed by atoms with Gasteiger partial charge in [0.1, 0.15) is 11.6 Å². The molecule has 2 heterocycles. The first-order valence-electron chi connectivity index (χ1n) is 6.43. The number of anilines is 2. The minimum absolute atomic E-state index is 0.279. The van der Waals surface area contributed by atoms with Gasteiger partial charge < -0.3 is 15.4 Å². The first-order valence-corrected chi connectivity index (χ1v) is 6.81. The van der Waals surface area contributed by atoms with Crippen LogP contribution in [0.3, 0.4) is 0 Å². The summed E-state index contributed by atoms with van der Waals surface area (Å²) in [5, 5.41) is 6.89. The monoisotopic (exact) mass is 290 g/mol. The molecule has 1 aliphatic heterocycles. The van der Waals surface area contributed by atoms with Crippen molar-refractivity contribution in [1.29, 1.82) is 0 Å². The van der Waals surface area contributed by atoms with E-state index < -0.39 is 0 Å². The molecule has 0 atom stereocenters. The molecule has 20 heavy (non-hydrogen) atoms. The number of hydrogen-bond donors (Lipinski definition) is 2. The van der Waals surface area contributed by atoms with Crippen LogP contribution in [-0.4, -0.2) is 23.6 Å². The number of hydrogen-bond acceptors (Lipinski definition) is 5. The Morgan fingerprint density at radius 2 is 2.05 bits per heavy atom. The Bertz CT molecular complexity index is 615. The molecule has 0 bridgehead atoms. The van der Waals surface area contributed by atoms with Gasteiger partial charge in [-0.1, -0.05) is 0 Å². The lowest BCUT2D eigenvalue weighted by atomic mass is 10.1. The zero-order chi connectivity index (χ0) is 13.9. The number of benzene rings is 1. The summed E-state index contributed by atoms with van der Waals surface area (Å²) in [6.07, 6.45) is 0.870. The molecule has 2 aromatic rings. The number of halogens is 1. The zero-order valence-electron chi connectivity index (χ0n) is 11.1. The summed E-state index contributed by atoms with van der Waals surface area (Å²) in [4.78, 5) is 8.59.